The molecule has 0 aliphatic heterocycles. The number of hydrogen-bond acceptors (Lipinski definition) is 5. The van der Waals surface area contributed by atoms with Crippen molar-refractivity contribution in [3.63, 3.8) is 0 Å². The third kappa shape index (κ3) is 3.91. The van der Waals surface area contributed by atoms with Crippen molar-refractivity contribution in [2.75, 3.05) is 12.4 Å². The van der Waals surface area contributed by atoms with E-state index in [1.54, 1.807) is 11.9 Å². The van der Waals surface area contributed by atoms with Gasteiger partial charge in [0, 0.05) is 29.6 Å². The standard InChI is InChI=1S/C23H24N4O3/c1-14(2)21-25-22(30-26-21)16-9-11-18(12-10-16)24-23(28)27(4)15(3)20-13-17-7-5-6-8-19(17)29-20/h5-15H,1-4H3,(H,24,28). The zero-order valence-electron chi connectivity index (χ0n) is 17.4. The van der Waals surface area contributed by atoms with E-state index in [2.05, 4.69) is 15.5 Å². The molecule has 2 aromatic carbocycles. The number of carbonyl (C=O) groups is 1. The molecular formula is C23H24N4O3. The Balaban J connectivity index is 1.43. The van der Waals surface area contributed by atoms with Gasteiger partial charge in [0.2, 0.25) is 0 Å². The Morgan fingerprint density at radius 1 is 1.07 bits per heavy atom. The molecule has 30 heavy (non-hydrogen) atoms. The Morgan fingerprint density at radius 2 is 1.80 bits per heavy atom. The molecule has 1 atom stereocenters. The predicted octanol–water partition coefficient (Wildman–Crippen LogP) is 5.83. The molecule has 2 amide bonds. The van der Waals surface area contributed by atoms with E-state index in [0.29, 0.717) is 17.4 Å². The summed E-state index contributed by atoms with van der Waals surface area (Å²) in [6.45, 7) is 5.95. The number of rotatable bonds is 5. The summed E-state index contributed by atoms with van der Waals surface area (Å²) in [6, 6.07) is 16.6. The summed E-state index contributed by atoms with van der Waals surface area (Å²) >= 11 is 0. The highest BCUT2D eigenvalue weighted by atomic mass is 16.5. The maximum absolute atomic E-state index is 12.7. The van der Waals surface area contributed by atoms with Crippen molar-refractivity contribution in [1.82, 2.24) is 15.0 Å². The number of carbonyl (C=O) groups excluding carboxylic acids is 1. The molecule has 0 spiro atoms. The van der Waals surface area contributed by atoms with Gasteiger partial charge in [0.15, 0.2) is 5.82 Å². The number of anilines is 1. The molecule has 2 heterocycles. The summed E-state index contributed by atoms with van der Waals surface area (Å²) in [7, 11) is 1.74. The van der Waals surface area contributed by atoms with E-state index in [4.69, 9.17) is 8.94 Å². The number of aromatic nitrogens is 2. The monoisotopic (exact) mass is 404 g/mol. The Kier molecular flexibility index (Phi) is 5.27. The van der Waals surface area contributed by atoms with Crippen LogP contribution in [0, 0.1) is 0 Å². The maximum atomic E-state index is 12.7. The number of fused-ring (bicyclic) bond motifs is 1. The van der Waals surface area contributed by atoms with Crippen LogP contribution in [-0.2, 0) is 0 Å². The van der Waals surface area contributed by atoms with Crippen molar-refractivity contribution in [3.05, 3.63) is 66.2 Å². The van der Waals surface area contributed by atoms with Crippen molar-refractivity contribution in [3.8, 4) is 11.5 Å². The quantitative estimate of drug-likeness (QED) is 0.452. The molecule has 4 aromatic rings. The van der Waals surface area contributed by atoms with Crippen LogP contribution in [0.25, 0.3) is 22.4 Å². The minimum Gasteiger partial charge on any atom is -0.459 e. The van der Waals surface area contributed by atoms with E-state index >= 15 is 0 Å². The highest BCUT2D eigenvalue weighted by Crippen LogP contribution is 2.27. The van der Waals surface area contributed by atoms with Gasteiger partial charge in [-0.05, 0) is 43.3 Å². The molecule has 1 N–H and O–H groups in total. The Bertz CT molecular complexity index is 1130. The number of nitrogens with zero attached hydrogens (tertiary/aromatic N) is 3. The normalized spacial score (nSPS) is 12.3. The van der Waals surface area contributed by atoms with Crippen molar-refractivity contribution < 1.29 is 13.7 Å². The number of hydrogen-bond donors (Lipinski definition) is 1. The third-order valence-corrected chi connectivity index (χ3v) is 5.10. The first-order valence-electron chi connectivity index (χ1n) is 9.88. The van der Waals surface area contributed by atoms with Crippen molar-refractivity contribution in [1.29, 1.82) is 0 Å². The van der Waals surface area contributed by atoms with Gasteiger partial charge in [-0.1, -0.05) is 37.2 Å². The first-order valence-corrected chi connectivity index (χ1v) is 9.88. The summed E-state index contributed by atoms with van der Waals surface area (Å²) in [4.78, 5) is 18.7. The van der Waals surface area contributed by atoms with Crippen LogP contribution in [-0.4, -0.2) is 28.1 Å². The minimum absolute atomic E-state index is 0.199. The fourth-order valence-corrected chi connectivity index (χ4v) is 3.07. The highest BCUT2D eigenvalue weighted by Gasteiger charge is 2.21. The fourth-order valence-electron chi connectivity index (χ4n) is 3.07. The lowest BCUT2D eigenvalue weighted by molar-refractivity contribution is 0.201. The molecule has 0 saturated carbocycles. The van der Waals surface area contributed by atoms with Crippen molar-refractivity contribution in [2.45, 2.75) is 32.7 Å². The van der Waals surface area contributed by atoms with Gasteiger partial charge in [-0.3, -0.25) is 0 Å². The molecule has 0 aliphatic rings. The first-order chi connectivity index (χ1) is 14.4. The molecule has 2 aromatic heterocycles. The van der Waals surface area contributed by atoms with Crippen molar-refractivity contribution in [2.24, 2.45) is 0 Å². The number of amides is 2. The number of para-hydroxylation sites is 1. The summed E-state index contributed by atoms with van der Waals surface area (Å²) < 4.78 is 11.2. The van der Waals surface area contributed by atoms with E-state index in [1.165, 1.54) is 0 Å². The van der Waals surface area contributed by atoms with E-state index in [0.717, 1.165) is 22.3 Å². The molecule has 0 bridgehead atoms. The Morgan fingerprint density at radius 3 is 2.47 bits per heavy atom. The van der Waals surface area contributed by atoms with Gasteiger partial charge in [0.25, 0.3) is 5.89 Å². The minimum atomic E-state index is -0.226. The number of nitrogens with one attached hydrogen (secondary N) is 1. The number of furan rings is 1. The molecule has 0 fully saturated rings. The van der Waals surface area contributed by atoms with E-state index < -0.39 is 0 Å². The van der Waals surface area contributed by atoms with Crippen LogP contribution in [0.3, 0.4) is 0 Å². The van der Waals surface area contributed by atoms with Crippen LogP contribution in [0.15, 0.2) is 63.5 Å². The zero-order valence-corrected chi connectivity index (χ0v) is 17.4. The molecule has 154 valence electrons. The van der Waals surface area contributed by atoms with Gasteiger partial charge in [0.05, 0.1) is 6.04 Å². The molecule has 0 saturated heterocycles. The summed E-state index contributed by atoms with van der Waals surface area (Å²) in [5.41, 5.74) is 2.29. The van der Waals surface area contributed by atoms with Crippen LogP contribution in [0.4, 0.5) is 10.5 Å². The van der Waals surface area contributed by atoms with Gasteiger partial charge in [-0.15, -0.1) is 0 Å². The maximum Gasteiger partial charge on any atom is 0.322 e. The molecule has 4 rings (SSSR count). The van der Waals surface area contributed by atoms with E-state index in [1.807, 2.05) is 75.4 Å². The first kappa shape index (κ1) is 19.7. The lowest BCUT2D eigenvalue weighted by Crippen LogP contribution is -2.33. The third-order valence-electron chi connectivity index (χ3n) is 5.10. The van der Waals surface area contributed by atoms with Gasteiger partial charge < -0.3 is 19.2 Å². The highest BCUT2D eigenvalue weighted by molar-refractivity contribution is 5.89. The van der Waals surface area contributed by atoms with E-state index in [9.17, 15) is 4.79 Å². The summed E-state index contributed by atoms with van der Waals surface area (Å²) in [5, 5.41) is 7.90. The second-order valence-electron chi connectivity index (χ2n) is 7.59. The fraction of sp³-hybridized carbons (Fsp3) is 0.261. The molecular weight excluding hydrogens is 380 g/mol. The summed E-state index contributed by atoms with van der Waals surface area (Å²) in [6.07, 6.45) is 0. The average Bonchev–Trinajstić information content (AvgIpc) is 3.40. The molecule has 7 nitrogen and oxygen atoms in total. The van der Waals surface area contributed by atoms with E-state index in [-0.39, 0.29) is 18.0 Å². The van der Waals surface area contributed by atoms with Gasteiger partial charge in [0.1, 0.15) is 11.3 Å². The number of urea groups is 1. The lowest BCUT2D eigenvalue weighted by Gasteiger charge is -2.23. The zero-order chi connectivity index (χ0) is 21.3. The second kappa shape index (κ2) is 8.02. The Labute approximate surface area is 174 Å². The molecule has 0 aliphatic carbocycles. The van der Waals surface area contributed by atoms with Crippen LogP contribution < -0.4 is 5.32 Å². The van der Waals surface area contributed by atoms with Gasteiger partial charge in [-0.2, -0.15) is 4.98 Å². The van der Waals surface area contributed by atoms with Crippen LogP contribution in [0.1, 0.15) is 44.3 Å². The predicted molar refractivity (Wildman–Crippen MR) is 115 cm³/mol. The van der Waals surface area contributed by atoms with Crippen molar-refractivity contribution >= 4 is 22.7 Å². The average molecular weight is 404 g/mol. The Hall–Kier alpha value is -3.61. The topological polar surface area (TPSA) is 84.4 Å². The summed E-state index contributed by atoms with van der Waals surface area (Å²) in [5.74, 6) is 2.07. The number of benzene rings is 2. The smallest absolute Gasteiger partial charge is 0.322 e. The molecule has 0 radical (unpaired) electrons. The SMILES string of the molecule is CC(C)c1noc(-c2ccc(NC(=O)N(C)C(C)c3cc4ccccc4o3)cc2)n1. The van der Waals surface area contributed by atoms with Crippen LogP contribution in [0.2, 0.25) is 0 Å². The lowest BCUT2D eigenvalue weighted by atomic mass is 10.2. The van der Waals surface area contributed by atoms with Gasteiger partial charge in [-0.25, -0.2) is 4.79 Å². The second-order valence-corrected chi connectivity index (χ2v) is 7.59. The largest absolute Gasteiger partial charge is 0.459 e. The van der Waals surface area contributed by atoms with Crippen LogP contribution in [0.5, 0.6) is 0 Å². The van der Waals surface area contributed by atoms with Gasteiger partial charge >= 0.3 is 6.03 Å². The van der Waals surface area contributed by atoms with Crippen LogP contribution >= 0.6 is 0 Å². The molecule has 7 heteroatoms. The molecule has 1 unspecified atom stereocenters.